The average Bonchev–Trinajstić information content (AvgIpc) is 2.96. The molecule has 0 N–H and O–H groups in total. The molecule has 3 aromatic heterocycles. The lowest BCUT2D eigenvalue weighted by atomic mass is 10.3. The molecule has 0 aliphatic carbocycles. The number of rotatable bonds is 2. The first-order valence-corrected chi connectivity index (χ1v) is 5.65. The van der Waals surface area contributed by atoms with Crippen LogP contribution in [0.1, 0.15) is 0 Å². The number of nitrogens with zero attached hydrogens (tertiary/aromatic N) is 6. The molecule has 0 unspecified atom stereocenters. The molecule has 3 aromatic rings. The van der Waals surface area contributed by atoms with E-state index in [0.29, 0.717) is 11.0 Å². The van der Waals surface area contributed by atoms with Crippen molar-refractivity contribution in [2.24, 2.45) is 7.05 Å². The molecule has 0 radical (unpaired) electrons. The molecule has 0 aliphatic heterocycles. The molecule has 3 heterocycles. The highest BCUT2D eigenvalue weighted by Crippen LogP contribution is 2.22. The van der Waals surface area contributed by atoms with Crippen molar-refractivity contribution in [1.29, 1.82) is 0 Å². The maximum Gasteiger partial charge on any atom is 0.177 e. The van der Waals surface area contributed by atoms with Crippen LogP contribution in [0.3, 0.4) is 0 Å². The van der Waals surface area contributed by atoms with Gasteiger partial charge in [-0.25, -0.2) is 4.68 Å². The fourth-order valence-corrected chi connectivity index (χ4v) is 1.90. The lowest BCUT2D eigenvalue weighted by Crippen LogP contribution is -2.01. The van der Waals surface area contributed by atoms with Gasteiger partial charge in [0.05, 0.1) is 5.69 Å². The van der Waals surface area contributed by atoms with Crippen LogP contribution in [0, 0.1) is 0 Å². The second kappa shape index (κ2) is 4.23. The molecule has 3 rings (SSSR count). The van der Waals surface area contributed by atoms with Crippen molar-refractivity contribution in [3.05, 3.63) is 41.8 Å². The van der Waals surface area contributed by atoms with Gasteiger partial charge in [-0.3, -0.25) is 4.68 Å². The molecule has 18 heavy (non-hydrogen) atoms. The van der Waals surface area contributed by atoms with Crippen LogP contribution < -0.4 is 0 Å². The normalized spacial score (nSPS) is 10.8. The van der Waals surface area contributed by atoms with E-state index in [0.717, 1.165) is 11.4 Å². The summed E-state index contributed by atoms with van der Waals surface area (Å²) in [6, 6.07) is 7.22. The summed E-state index contributed by atoms with van der Waals surface area (Å²) in [5, 5.41) is 16.8. The highest BCUT2D eigenvalue weighted by molar-refractivity contribution is 6.30. The van der Waals surface area contributed by atoms with E-state index in [1.165, 1.54) is 4.68 Å². The van der Waals surface area contributed by atoms with Crippen LogP contribution in [0.4, 0.5) is 0 Å². The molecule has 0 aliphatic rings. The van der Waals surface area contributed by atoms with Crippen LogP contribution in [0.2, 0.25) is 5.15 Å². The van der Waals surface area contributed by atoms with E-state index >= 15 is 0 Å². The predicted molar refractivity (Wildman–Crippen MR) is 66.4 cm³/mol. The van der Waals surface area contributed by atoms with E-state index in [-0.39, 0.29) is 0 Å². The van der Waals surface area contributed by atoms with Crippen molar-refractivity contribution in [2.45, 2.75) is 0 Å². The van der Waals surface area contributed by atoms with Crippen LogP contribution in [0.15, 0.2) is 36.7 Å². The molecule has 0 atom stereocenters. The Labute approximate surface area is 108 Å². The van der Waals surface area contributed by atoms with Gasteiger partial charge in [-0.2, -0.15) is 15.3 Å². The van der Waals surface area contributed by atoms with E-state index < -0.39 is 0 Å². The number of aromatic nitrogens is 6. The summed E-state index contributed by atoms with van der Waals surface area (Å²) in [6.07, 6.45) is 3.31. The van der Waals surface area contributed by atoms with Gasteiger partial charge in [0.15, 0.2) is 5.82 Å². The SMILES string of the molecule is Cn1nccc1-c1cc(Cl)n(-c2cccnn2)n1. The molecular weight excluding hydrogens is 252 g/mol. The molecular formula is C11H9ClN6. The molecule has 6 nitrogen and oxygen atoms in total. The third-order valence-electron chi connectivity index (χ3n) is 2.52. The molecule has 0 spiro atoms. The second-order valence-electron chi connectivity index (χ2n) is 3.69. The number of hydrogen-bond donors (Lipinski definition) is 0. The molecule has 0 saturated heterocycles. The third kappa shape index (κ3) is 1.76. The zero-order chi connectivity index (χ0) is 12.5. The Morgan fingerprint density at radius 2 is 2.11 bits per heavy atom. The molecule has 0 fully saturated rings. The van der Waals surface area contributed by atoms with Crippen LogP contribution in [0.25, 0.3) is 17.2 Å². The highest BCUT2D eigenvalue weighted by atomic mass is 35.5. The summed E-state index contributed by atoms with van der Waals surface area (Å²) >= 11 is 6.15. The van der Waals surface area contributed by atoms with Crippen molar-refractivity contribution < 1.29 is 0 Å². The Bertz CT molecular complexity index is 672. The summed E-state index contributed by atoms with van der Waals surface area (Å²) in [6.45, 7) is 0. The maximum absolute atomic E-state index is 6.15. The Kier molecular flexibility index (Phi) is 2.56. The zero-order valence-corrected chi connectivity index (χ0v) is 10.3. The smallest absolute Gasteiger partial charge is 0.177 e. The minimum Gasteiger partial charge on any atom is -0.266 e. The molecule has 7 heteroatoms. The Morgan fingerprint density at radius 3 is 2.78 bits per heavy atom. The molecule has 0 aromatic carbocycles. The maximum atomic E-state index is 6.15. The van der Waals surface area contributed by atoms with Crippen molar-refractivity contribution >= 4 is 11.6 Å². The molecule has 0 saturated carbocycles. The van der Waals surface area contributed by atoms with Crippen molar-refractivity contribution in [3.63, 3.8) is 0 Å². The van der Waals surface area contributed by atoms with Gasteiger partial charge in [0, 0.05) is 25.5 Å². The van der Waals surface area contributed by atoms with Crippen molar-refractivity contribution in [2.75, 3.05) is 0 Å². The molecule has 90 valence electrons. The summed E-state index contributed by atoms with van der Waals surface area (Å²) in [5.74, 6) is 0.580. The van der Waals surface area contributed by atoms with Gasteiger partial charge in [0.25, 0.3) is 0 Å². The fourth-order valence-electron chi connectivity index (χ4n) is 1.68. The van der Waals surface area contributed by atoms with Crippen LogP contribution in [0.5, 0.6) is 0 Å². The van der Waals surface area contributed by atoms with Crippen LogP contribution in [-0.4, -0.2) is 29.8 Å². The Balaban J connectivity index is 2.10. The summed E-state index contributed by atoms with van der Waals surface area (Å²) < 4.78 is 3.27. The van der Waals surface area contributed by atoms with Gasteiger partial charge in [0.1, 0.15) is 10.8 Å². The van der Waals surface area contributed by atoms with Crippen molar-refractivity contribution in [3.8, 4) is 17.2 Å². The topological polar surface area (TPSA) is 61.4 Å². The minimum atomic E-state index is 0.478. The van der Waals surface area contributed by atoms with E-state index in [4.69, 9.17) is 11.6 Å². The average molecular weight is 261 g/mol. The second-order valence-corrected chi connectivity index (χ2v) is 4.07. The largest absolute Gasteiger partial charge is 0.266 e. The summed E-state index contributed by atoms with van der Waals surface area (Å²) in [5.41, 5.74) is 1.63. The van der Waals surface area contributed by atoms with Gasteiger partial charge >= 0.3 is 0 Å². The number of halogens is 1. The zero-order valence-electron chi connectivity index (χ0n) is 9.53. The van der Waals surface area contributed by atoms with Gasteiger partial charge in [0.2, 0.25) is 0 Å². The molecule has 0 bridgehead atoms. The van der Waals surface area contributed by atoms with Crippen molar-refractivity contribution in [1.82, 2.24) is 29.8 Å². The standard InChI is InChI=1S/C11H9ClN6/c1-17-9(4-6-14-17)8-7-10(12)18(16-8)11-3-2-5-13-15-11/h2-7H,1H3. The third-order valence-corrected chi connectivity index (χ3v) is 2.79. The highest BCUT2D eigenvalue weighted by Gasteiger charge is 2.12. The summed E-state index contributed by atoms with van der Waals surface area (Å²) in [4.78, 5) is 0. The van der Waals surface area contributed by atoms with E-state index in [1.807, 2.05) is 13.1 Å². The molecule has 0 amide bonds. The minimum absolute atomic E-state index is 0.478. The fraction of sp³-hybridized carbons (Fsp3) is 0.0909. The predicted octanol–water partition coefficient (Wildman–Crippen LogP) is 1.72. The number of hydrogen-bond acceptors (Lipinski definition) is 4. The quantitative estimate of drug-likeness (QED) is 0.704. The summed E-state index contributed by atoms with van der Waals surface area (Å²) in [7, 11) is 1.85. The van der Waals surface area contributed by atoms with E-state index in [9.17, 15) is 0 Å². The lowest BCUT2D eigenvalue weighted by Gasteiger charge is -1.99. The Hall–Kier alpha value is -2.21. The van der Waals surface area contributed by atoms with Crippen LogP contribution >= 0.6 is 11.6 Å². The lowest BCUT2D eigenvalue weighted by molar-refractivity contribution is 0.765. The van der Waals surface area contributed by atoms with Gasteiger partial charge < -0.3 is 0 Å². The Morgan fingerprint density at radius 1 is 1.22 bits per heavy atom. The first kappa shape index (κ1) is 10.9. The monoisotopic (exact) mass is 260 g/mol. The van der Waals surface area contributed by atoms with Gasteiger partial charge in [-0.1, -0.05) is 11.6 Å². The number of aryl methyl sites for hydroxylation is 1. The van der Waals surface area contributed by atoms with Gasteiger partial charge in [-0.15, -0.1) is 5.10 Å². The first-order valence-electron chi connectivity index (χ1n) is 5.28. The van der Waals surface area contributed by atoms with Gasteiger partial charge in [-0.05, 0) is 18.2 Å². The first-order chi connectivity index (χ1) is 8.75. The van der Waals surface area contributed by atoms with E-state index in [1.54, 1.807) is 35.3 Å². The van der Waals surface area contributed by atoms with E-state index in [2.05, 4.69) is 20.4 Å². The van der Waals surface area contributed by atoms with Crippen LogP contribution in [-0.2, 0) is 7.05 Å².